The van der Waals surface area contributed by atoms with Crippen LogP contribution in [-0.4, -0.2) is 7.99 Å². The van der Waals surface area contributed by atoms with Gasteiger partial charge >= 0.3 is 0 Å². The minimum absolute atomic E-state index is 1.07. The Morgan fingerprint density at radius 1 is 1.50 bits per heavy atom. The number of rotatable bonds is 1. The van der Waals surface area contributed by atoms with Crippen molar-refractivity contribution in [2.24, 2.45) is 0 Å². The topological polar surface area (TPSA) is 17.8 Å². The van der Waals surface area contributed by atoms with Crippen molar-refractivity contribution < 1.29 is 0 Å². The Bertz CT molecular complexity index is 406. The number of halogens is 1. The summed E-state index contributed by atoms with van der Waals surface area (Å²) >= 11 is 2.16. The van der Waals surface area contributed by atoms with Crippen LogP contribution in [0.4, 0.5) is 0 Å². The Morgan fingerprint density at radius 3 is 3.08 bits per heavy atom. The zero-order valence-electron chi connectivity index (χ0n) is 6.79. The second-order valence-corrected chi connectivity index (χ2v) is 3.75. The lowest BCUT2D eigenvalue weighted by molar-refractivity contribution is 1.08. The summed E-state index contributed by atoms with van der Waals surface area (Å²) in [6, 6.07) is 6.42. The molecular formula is C9H9IN2. The Balaban J connectivity index is 2.66. The number of aryl methyl sites for hydroxylation is 1. The first-order valence-corrected chi connectivity index (χ1v) is 4.90. The maximum atomic E-state index is 4.33. The molecule has 1 heterocycles. The van der Waals surface area contributed by atoms with Gasteiger partial charge in [-0.2, -0.15) is 5.10 Å². The fourth-order valence-corrected chi connectivity index (χ4v) is 1.78. The molecule has 0 bridgehead atoms. The molecule has 0 aliphatic carbocycles. The highest BCUT2D eigenvalue weighted by molar-refractivity contribution is 14.1. The molecule has 2 nitrogen and oxygen atoms in total. The summed E-state index contributed by atoms with van der Waals surface area (Å²) in [4.78, 5) is 0. The average molecular weight is 272 g/mol. The quantitative estimate of drug-likeness (QED) is 0.730. The molecule has 1 aromatic carbocycles. The summed E-state index contributed by atoms with van der Waals surface area (Å²) in [5.74, 6) is 0. The standard InChI is InChI=1S/C9H9IN2/c1-2-7-3-4-8-6-12(10)11-9(8)5-7/h3-6H,2H2,1H3. The third kappa shape index (κ3) is 1.33. The summed E-state index contributed by atoms with van der Waals surface area (Å²) in [5, 5.41) is 5.53. The lowest BCUT2D eigenvalue weighted by atomic mass is 10.1. The zero-order chi connectivity index (χ0) is 8.55. The van der Waals surface area contributed by atoms with E-state index in [-0.39, 0.29) is 0 Å². The Hall–Kier alpha value is -0.580. The number of nitrogens with zero attached hydrogens (tertiary/aromatic N) is 2. The molecule has 0 aliphatic rings. The van der Waals surface area contributed by atoms with E-state index in [0.29, 0.717) is 0 Å². The van der Waals surface area contributed by atoms with Gasteiger partial charge in [-0.1, -0.05) is 19.1 Å². The second kappa shape index (κ2) is 3.05. The molecule has 3 heteroatoms. The summed E-state index contributed by atoms with van der Waals surface area (Å²) in [5.41, 5.74) is 2.43. The van der Waals surface area contributed by atoms with Gasteiger partial charge in [-0.3, -0.25) is 0 Å². The highest BCUT2D eigenvalue weighted by Gasteiger charge is 1.98. The molecule has 0 saturated carbocycles. The van der Waals surface area contributed by atoms with Crippen LogP contribution in [0, 0.1) is 0 Å². The van der Waals surface area contributed by atoms with Crippen molar-refractivity contribution in [1.82, 2.24) is 7.99 Å². The summed E-state index contributed by atoms with van der Waals surface area (Å²) in [6.45, 7) is 2.15. The van der Waals surface area contributed by atoms with Crippen LogP contribution in [0.15, 0.2) is 24.4 Å². The van der Waals surface area contributed by atoms with Crippen molar-refractivity contribution in [3.8, 4) is 0 Å². The molecule has 0 atom stereocenters. The summed E-state index contributed by atoms with van der Waals surface area (Å²) < 4.78 is 1.82. The van der Waals surface area contributed by atoms with Crippen molar-refractivity contribution in [1.29, 1.82) is 0 Å². The zero-order valence-corrected chi connectivity index (χ0v) is 8.95. The molecule has 0 N–H and O–H groups in total. The maximum Gasteiger partial charge on any atom is 0.0934 e. The summed E-state index contributed by atoms with van der Waals surface area (Å²) in [6.07, 6.45) is 3.10. The molecule has 0 aliphatic heterocycles. The fraction of sp³-hybridized carbons (Fsp3) is 0.222. The summed E-state index contributed by atoms with van der Waals surface area (Å²) in [7, 11) is 0. The molecule has 62 valence electrons. The smallest absolute Gasteiger partial charge is 0.0934 e. The number of benzene rings is 1. The molecule has 12 heavy (non-hydrogen) atoms. The normalized spacial score (nSPS) is 10.8. The molecule has 0 spiro atoms. The molecule has 0 amide bonds. The highest BCUT2D eigenvalue weighted by atomic mass is 127. The molecule has 0 unspecified atom stereocenters. The molecular weight excluding hydrogens is 263 g/mol. The minimum atomic E-state index is 1.07. The van der Waals surface area contributed by atoms with Crippen LogP contribution in [0.5, 0.6) is 0 Å². The van der Waals surface area contributed by atoms with E-state index in [1.165, 1.54) is 10.9 Å². The first-order chi connectivity index (χ1) is 5.79. The van der Waals surface area contributed by atoms with Crippen LogP contribution in [0.25, 0.3) is 10.9 Å². The van der Waals surface area contributed by atoms with Crippen molar-refractivity contribution in [3.63, 3.8) is 0 Å². The van der Waals surface area contributed by atoms with Gasteiger partial charge in [-0.25, -0.2) is 2.90 Å². The van der Waals surface area contributed by atoms with Crippen LogP contribution in [0.3, 0.4) is 0 Å². The number of aromatic nitrogens is 2. The minimum Gasteiger partial charge on any atom is -0.210 e. The predicted molar refractivity (Wildman–Crippen MR) is 58.5 cm³/mol. The lowest BCUT2D eigenvalue weighted by Crippen LogP contribution is -1.79. The van der Waals surface area contributed by atoms with Gasteiger partial charge in [-0.15, -0.1) is 0 Å². The molecule has 1 aromatic heterocycles. The Labute approximate surface area is 85.1 Å². The first kappa shape index (κ1) is 8.04. The molecule has 0 saturated heterocycles. The monoisotopic (exact) mass is 272 g/mol. The van der Waals surface area contributed by atoms with E-state index in [2.05, 4.69) is 53.1 Å². The number of hydrogen-bond acceptors (Lipinski definition) is 1. The van der Waals surface area contributed by atoms with Gasteiger partial charge in [0, 0.05) is 11.6 Å². The third-order valence-corrected chi connectivity index (χ3v) is 2.45. The first-order valence-electron chi connectivity index (χ1n) is 3.94. The molecule has 2 aromatic rings. The van der Waals surface area contributed by atoms with Gasteiger partial charge in [0.2, 0.25) is 0 Å². The average Bonchev–Trinajstić information content (AvgIpc) is 2.43. The Kier molecular flexibility index (Phi) is 2.04. The SMILES string of the molecule is CCc1ccc2cn(I)nc2c1. The molecule has 0 radical (unpaired) electrons. The van der Waals surface area contributed by atoms with Crippen molar-refractivity contribution in [3.05, 3.63) is 30.0 Å². The van der Waals surface area contributed by atoms with E-state index in [0.717, 1.165) is 11.9 Å². The van der Waals surface area contributed by atoms with Gasteiger partial charge in [-0.05, 0) is 18.1 Å². The highest BCUT2D eigenvalue weighted by Crippen LogP contribution is 2.15. The van der Waals surface area contributed by atoms with Crippen LogP contribution in [-0.2, 0) is 6.42 Å². The van der Waals surface area contributed by atoms with Crippen molar-refractivity contribution in [2.75, 3.05) is 0 Å². The van der Waals surface area contributed by atoms with Gasteiger partial charge < -0.3 is 0 Å². The predicted octanol–water partition coefficient (Wildman–Crippen LogP) is 2.80. The van der Waals surface area contributed by atoms with Crippen LogP contribution in [0.2, 0.25) is 0 Å². The Morgan fingerprint density at radius 2 is 2.33 bits per heavy atom. The van der Waals surface area contributed by atoms with E-state index >= 15 is 0 Å². The van der Waals surface area contributed by atoms with Gasteiger partial charge in [0.15, 0.2) is 0 Å². The van der Waals surface area contributed by atoms with Crippen LogP contribution < -0.4 is 0 Å². The number of hydrogen-bond donors (Lipinski definition) is 0. The van der Waals surface area contributed by atoms with Crippen molar-refractivity contribution >= 4 is 33.8 Å². The maximum absolute atomic E-state index is 4.33. The van der Waals surface area contributed by atoms with Crippen LogP contribution in [0.1, 0.15) is 12.5 Å². The van der Waals surface area contributed by atoms with Gasteiger partial charge in [0.1, 0.15) is 0 Å². The lowest BCUT2D eigenvalue weighted by Gasteiger charge is -1.93. The molecule has 0 fully saturated rings. The second-order valence-electron chi connectivity index (χ2n) is 2.76. The number of fused-ring (bicyclic) bond motifs is 1. The fourth-order valence-electron chi connectivity index (χ4n) is 1.25. The van der Waals surface area contributed by atoms with Crippen LogP contribution >= 0.6 is 22.9 Å². The van der Waals surface area contributed by atoms with E-state index in [4.69, 9.17) is 0 Å². The van der Waals surface area contributed by atoms with E-state index < -0.39 is 0 Å². The third-order valence-electron chi connectivity index (χ3n) is 1.95. The molecule has 2 rings (SSSR count). The largest absolute Gasteiger partial charge is 0.210 e. The van der Waals surface area contributed by atoms with E-state index in [9.17, 15) is 0 Å². The van der Waals surface area contributed by atoms with Gasteiger partial charge in [0.25, 0.3) is 0 Å². The van der Waals surface area contributed by atoms with E-state index in [1.54, 1.807) is 0 Å². The van der Waals surface area contributed by atoms with Gasteiger partial charge in [0.05, 0.1) is 28.4 Å². The van der Waals surface area contributed by atoms with E-state index in [1.807, 2.05) is 9.09 Å². The van der Waals surface area contributed by atoms with Crippen molar-refractivity contribution in [2.45, 2.75) is 13.3 Å².